The van der Waals surface area contributed by atoms with Crippen LogP contribution >= 0.6 is 11.6 Å². The highest BCUT2D eigenvalue weighted by Gasteiger charge is 2.51. The third-order valence-corrected chi connectivity index (χ3v) is 4.94. The van der Waals surface area contributed by atoms with Crippen molar-refractivity contribution in [1.29, 1.82) is 0 Å². The van der Waals surface area contributed by atoms with Crippen molar-refractivity contribution in [3.05, 3.63) is 28.3 Å². The number of fused-ring (bicyclic) bond motifs is 1. The van der Waals surface area contributed by atoms with Gasteiger partial charge in [0.15, 0.2) is 0 Å². The molecule has 0 aromatic heterocycles. The van der Waals surface area contributed by atoms with Crippen LogP contribution in [0.3, 0.4) is 0 Å². The second-order valence-corrected chi connectivity index (χ2v) is 7.25. The maximum Gasteiger partial charge on any atom is 0.127 e. The minimum Gasteiger partial charge on any atom is -0.493 e. The zero-order chi connectivity index (χ0) is 14.3. The quantitative estimate of drug-likeness (QED) is 0.871. The average Bonchev–Trinajstić information content (AvgIpc) is 2.83. The molecule has 0 spiro atoms. The van der Waals surface area contributed by atoms with Gasteiger partial charge in [0.1, 0.15) is 5.75 Å². The van der Waals surface area contributed by atoms with Crippen LogP contribution in [0.5, 0.6) is 5.75 Å². The Morgan fingerprint density at radius 1 is 1.45 bits per heavy atom. The van der Waals surface area contributed by atoms with Crippen molar-refractivity contribution >= 4 is 11.6 Å². The van der Waals surface area contributed by atoms with E-state index in [0.29, 0.717) is 17.4 Å². The minimum atomic E-state index is 0.371. The predicted octanol–water partition coefficient (Wildman–Crippen LogP) is 4.36. The van der Waals surface area contributed by atoms with Crippen LogP contribution in [-0.4, -0.2) is 13.2 Å². The fourth-order valence-corrected chi connectivity index (χ4v) is 3.62. The fourth-order valence-electron chi connectivity index (χ4n) is 3.37. The molecule has 3 rings (SSSR count). The van der Waals surface area contributed by atoms with E-state index in [-0.39, 0.29) is 0 Å². The lowest BCUT2D eigenvalue weighted by atomic mass is 9.94. The van der Waals surface area contributed by atoms with Gasteiger partial charge in [-0.25, -0.2) is 0 Å². The molecule has 2 aliphatic rings. The van der Waals surface area contributed by atoms with Crippen LogP contribution in [0, 0.1) is 11.3 Å². The first-order valence-corrected chi connectivity index (χ1v) is 8.09. The van der Waals surface area contributed by atoms with Gasteiger partial charge in [-0.2, -0.15) is 0 Å². The number of halogens is 1. The lowest BCUT2D eigenvalue weighted by Gasteiger charge is -2.23. The Bertz CT molecular complexity index is 512. The number of nitrogens with one attached hydrogen (secondary N) is 1. The van der Waals surface area contributed by atoms with Gasteiger partial charge in [0.25, 0.3) is 0 Å². The van der Waals surface area contributed by atoms with E-state index in [1.165, 1.54) is 17.5 Å². The molecular formula is C17H24ClNO. The molecule has 0 radical (unpaired) electrons. The predicted molar refractivity (Wildman–Crippen MR) is 83.6 cm³/mol. The molecule has 2 unspecified atom stereocenters. The van der Waals surface area contributed by atoms with Crippen molar-refractivity contribution in [2.45, 2.75) is 46.1 Å². The molecule has 20 heavy (non-hydrogen) atoms. The minimum absolute atomic E-state index is 0.371. The van der Waals surface area contributed by atoms with Crippen LogP contribution in [0.25, 0.3) is 0 Å². The summed E-state index contributed by atoms with van der Waals surface area (Å²) >= 11 is 6.32. The topological polar surface area (TPSA) is 21.3 Å². The van der Waals surface area contributed by atoms with E-state index in [1.807, 2.05) is 0 Å². The lowest BCUT2D eigenvalue weighted by molar-refractivity contribution is 0.340. The van der Waals surface area contributed by atoms with Crippen molar-refractivity contribution in [2.24, 2.45) is 11.3 Å². The lowest BCUT2D eigenvalue weighted by Crippen LogP contribution is -2.26. The molecule has 110 valence electrons. The van der Waals surface area contributed by atoms with Crippen molar-refractivity contribution < 1.29 is 4.74 Å². The zero-order valence-electron chi connectivity index (χ0n) is 12.6. The van der Waals surface area contributed by atoms with E-state index in [4.69, 9.17) is 16.3 Å². The highest BCUT2D eigenvalue weighted by molar-refractivity contribution is 6.30. The smallest absolute Gasteiger partial charge is 0.127 e. The van der Waals surface area contributed by atoms with Gasteiger partial charge in [0.2, 0.25) is 0 Å². The number of hydrogen-bond donors (Lipinski definition) is 1. The van der Waals surface area contributed by atoms with E-state index < -0.39 is 0 Å². The van der Waals surface area contributed by atoms with Crippen LogP contribution in [0.15, 0.2) is 12.1 Å². The molecule has 1 N–H and O–H groups in total. The standard InChI is InChI=1S/C17H24ClNO/c1-4-6-19-15(14-10-17(14,2)3)13-9-12(18)8-11-5-7-20-16(11)13/h8-9,14-15,19H,4-7,10H2,1-3H3. The first-order chi connectivity index (χ1) is 9.53. The SMILES string of the molecule is CCCNC(c1cc(Cl)cc2c1OCC2)C1CC1(C)C. The largest absolute Gasteiger partial charge is 0.493 e. The summed E-state index contributed by atoms with van der Waals surface area (Å²) in [4.78, 5) is 0. The van der Waals surface area contributed by atoms with Gasteiger partial charge >= 0.3 is 0 Å². The average molecular weight is 294 g/mol. The van der Waals surface area contributed by atoms with E-state index >= 15 is 0 Å². The van der Waals surface area contributed by atoms with Crippen LogP contribution in [0.4, 0.5) is 0 Å². The third-order valence-electron chi connectivity index (χ3n) is 4.72. The molecule has 0 saturated heterocycles. The number of ether oxygens (including phenoxy) is 1. The summed E-state index contributed by atoms with van der Waals surface area (Å²) in [5.41, 5.74) is 2.97. The van der Waals surface area contributed by atoms with Gasteiger partial charge < -0.3 is 10.1 Å². The molecular weight excluding hydrogens is 270 g/mol. The van der Waals surface area contributed by atoms with E-state index in [2.05, 4.69) is 38.2 Å². The molecule has 1 aliphatic heterocycles. The summed E-state index contributed by atoms with van der Waals surface area (Å²) in [6, 6.07) is 4.53. The highest BCUT2D eigenvalue weighted by atomic mass is 35.5. The summed E-state index contributed by atoms with van der Waals surface area (Å²) in [7, 11) is 0. The van der Waals surface area contributed by atoms with Crippen molar-refractivity contribution in [3.8, 4) is 5.75 Å². The second-order valence-electron chi connectivity index (χ2n) is 6.81. The summed E-state index contributed by atoms with van der Waals surface area (Å²) in [6.45, 7) is 8.74. The van der Waals surface area contributed by atoms with Crippen molar-refractivity contribution in [2.75, 3.05) is 13.2 Å². The molecule has 0 bridgehead atoms. The molecule has 0 amide bonds. The Balaban J connectivity index is 1.95. The van der Waals surface area contributed by atoms with Gasteiger partial charge in [-0.05, 0) is 48.4 Å². The van der Waals surface area contributed by atoms with Gasteiger partial charge in [0.05, 0.1) is 6.61 Å². The molecule has 1 fully saturated rings. The third kappa shape index (κ3) is 2.56. The Morgan fingerprint density at radius 2 is 2.20 bits per heavy atom. The zero-order valence-corrected chi connectivity index (χ0v) is 13.4. The summed E-state index contributed by atoms with van der Waals surface area (Å²) in [5, 5.41) is 4.56. The Morgan fingerprint density at radius 3 is 2.85 bits per heavy atom. The molecule has 1 heterocycles. The molecule has 1 aliphatic carbocycles. The molecule has 2 atom stereocenters. The molecule has 3 heteroatoms. The van der Waals surface area contributed by atoms with Crippen LogP contribution in [0.1, 0.15) is 50.8 Å². The van der Waals surface area contributed by atoms with Gasteiger partial charge in [0, 0.05) is 23.0 Å². The summed E-state index contributed by atoms with van der Waals surface area (Å²) in [6.07, 6.45) is 3.40. The van der Waals surface area contributed by atoms with E-state index in [1.54, 1.807) is 0 Å². The molecule has 2 nitrogen and oxygen atoms in total. The monoisotopic (exact) mass is 293 g/mol. The van der Waals surface area contributed by atoms with Crippen LogP contribution in [-0.2, 0) is 6.42 Å². The van der Waals surface area contributed by atoms with Crippen molar-refractivity contribution in [1.82, 2.24) is 5.32 Å². The Kier molecular flexibility index (Phi) is 3.72. The van der Waals surface area contributed by atoms with Gasteiger partial charge in [-0.15, -0.1) is 0 Å². The normalized spacial score (nSPS) is 24.1. The summed E-state index contributed by atoms with van der Waals surface area (Å²) in [5.74, 6) is 1.77. The van der Waals surface area contributed by atoms with Crippen LogP contribution in [0.2, 0.25) is 5.02 Å². The first-order valence-electron chi connectivity index (χ1n) is 7.71. The molecule has 1 aromatic carbocycles. The van der Waals surface area contributed by atoms with E-state index in [9.17, 15) is 0 Å². The Hall–Kier alpha value is -0.730. The summed E-state index contributed by atoms with van der Waals surface area (Å²) < 4.78 is 5.89. The maximum absolute atomic E-state index is 6.32. The van der Waals surface area contributed by atoms with E-state index in [0.717, 1.165) is 36.8 Å². The maximum atomic E-state index is 6.32. The van der Waals surface area contributed by atoms with Gasteiger partial charge in [-0.1, -0.05) is 32.4 Å². The number of hydrogen-bond acceptors (Lipinski definition) is 2. The Labute approximate surface area is 126 Å². The first kappa shape index (κ1) is 14.2. The van der Waals surface area contributed by atoms with Crippen LogP contribution < -0.4 is 10.1 Å². The molecule has 1 saturated carbocycles. The number of rotatable bonds is 5. The van der Waals surface area contributed by atoms with Gasteiger partial charge in [-0.3, -0.25) is 0 Å². The number of benzene rings is 1. The second kappa shape index (κ2) is 5.23. The highest BCUT2D eigenvalue weighted by Crippen LogP contribution is 2.59. The molecule has 1 aromatic rings. The fraction of sp³-hybridized carbons (Fsp3) is 0.647. The van der Waals surface area contributed by atoms with Crippen molar-refractivity contribution in [3.63, 3.8) is 0 Å².